The summed E-state index contributed by atoms with van der Waals surface area (Å²) in [4.78, 5) is 24.7. The Hall–Kier alpha value is -1.40. The fraction of sp³-hybridized carbons (Fsp3) is 0.954. The minimum Gasteiger partial charge on any atom is -0.466 e. The molecule has 0 aliphatic heterocycles. The average Bonchev–Trinajstić information content (AvgIpc) is 3.78. The minimum atomic E-state index is -0.662. The molecule has 0 saturated carbocycles. The predicted molar refractivity (Wildman–Crippen MR) is 412 cm³/mol. The van der Waals surface area contributed by atoms with Crippen molar-refractivity contribution in [3.8, 4) is 0 Å². The van der Waals surface area contributed by atoms with Crippen LogP contribution < -0.4 is 5.32 Å². The maximum Gasteiger partial charge on any atom is 0.305 e. The highest BCUT2D eigenvalue weighted by Gasteiger charge is 2.20. The third kappa shape index (κ3) is 79.5. The zero-order valence-corrected chi connectivity index (χ0v) is 63.8. The normalized spacial score (nSPS) is 12.4. The maximum atomic E-state index is 12.6. The van der Waals surface area contributed by atoms with Gasteiger partial charge in [0.05, 0.1) is 25.4 Å². The predicted octanol–water partition coefficient (Wildman–Crippen LogP) is 29.0. The Balaban J connectivity index is 3.31. The van der Waals surface area contributed by atoms with Crippen LogP contribution in [-0.2, 0) is 14.3 Å². The van der Waals surface area contributed by atoms with Gasteiger partial charge in [-0.2, -0.15) is 0 Å². The molecule has 3 N–H and O–H groups in total. The smallest absolute Gasteiger partial charge is 0.305 e. The molecule has 93 heavy (non-hydrogen) atoms. The number of hydrogen-bond acceptors (Lipinski definition) is 5. The summed E-state index contributed by atoms with van der Waals surface area (Å²) >= 11 is 0. The summed E-state index contributed by atoms with van der Waals surface area (Å²) in [5.74, 6) is 0.00264. The van der Waals surface area contributed by atoms with Crippen molar-refractivity contribution in [1.29, 1.82) is 0 Å². The topological polar surface area (TPSA) is 95.9 Å². The van der Waals surface area contributed by atoms with Crippen molar-refractivity contribution in [3.63, 3.8) is 0 Å². The van der Waals surface area contributed by atoms with Gasteiger partial charge in [-0.15, -0.1) is 0 Å². The van der Waals surface area contributed by atoms with Gasteiger partial charge in [0.25, 0.3) is 0 Å². The van der Waals surface area contributed by atoms with Crippen LogP contribution in [0.2, 0.25) is 0 Å². The highest BCUT2D eigenvalue weighted by molar-refractivity contribution is 5.76. The van der Waals surface area contributed by atoms with E-state index in [1.807, 2.05) is 0 Å². The molecule has 0 rings (SSSR count). The molecule has 0 bridgehead atoms. The van der Waals surface area contributed by atoms with Gasteiger partial charge in [0, 0.05) is 12.8 Å². The molecule has 0 heterocycles. The van der Waals surface area contributed by atoms with Crippen LogP contribution in [-0.4, -0.2) is 47.4 Å². The Kier molecular flexibility index (Phi) is 81.8. The number of amides is 1. The van der Waals surface area contributed by atoms with Crippen LogP contribution in [0, 0.1) is 0 Å². The quantitative estimate of drug-likeness (QED) is 0.0320. The standard InChI is InChI=1S/C87H171NO5/c1-3-5-7-9-11-13-15-17-19-21-23-44-47-51-55-59-63-67-71-75-79-85(90)84(83-89)88-86(91)80-76-72-68-64-60-56-52-48-45-41-39-37-35-33-31-29-27-25-24-26-28-30-32-34-36-38-40-42-46-50-54-58-62-66-70-74-78-82-93-87(92)81-77-73-69-65-61-57-53-49-43-22-20-18-16-14-12-10-8-6-4-2/h24,26,84-85,89-90H,3-23,25,27-83H2,1-2H3,(H,88,91)/b26-24-. The third-order valence-electron chi connectivity index (χ3n) is 20.8. The van der Waals surface area contributed by atoms with Gasteiger partial charge in [-0.25, -0.2) is 0 Å². The molecule has 0 aromatic carbocycles. The van der Waals surface area contributed by atoms with E-state index in [9.17, 15) is 19.8 Å². The lowest BCUT2D eigenvalue weighted by Gasteiger charge is -2.22. The van der Waals surface area contributed by atoms with Gasteiger partial charge in [-0.1, -0.05) is 456 Å². The summed E-state index contributed by atoms with van der Waals surface area (Å²) in [5.41, 5.74) is 0. The molecular formula is C87H171NO5. The van der Waals surface area contributed by atoms with Crippen molar-refractivity contribution in [2.75, 3.05) is 13.2 Å². The highest BCUT2D eigenvalue weighted by atomic mass is 16.5. The first-order valence-corrected chi connectivity index (χ1v) is 43.4. The number of carbonyl (C=O) groups is 2. The van der Waals surface area contributed by atoms with E-state index < -0.39 is 12.1 Å². The number of esters is 1. The number of carbonyl (C=O) groups excluding carboxylic acids is 2. The summed E-state index contributed by atoms with van der Waals surface area (Å²) in [5, 5.41) is 23.5. The summed E-state index contributed by atoms with van der Waals surface area (Å²) in [6.45, 7) is 5.03. The first kappa shape index (κ1) is 91.6. The Morgan fingerprint density at radius 1 is 0.290 bits per heavy atom. The van der Waals surface area contributed by atoms with Gasteiger partial charge < -0.3 is 20.3 Å². The van der Waals surface area contributed by atoms with Gasteiger partial charge >= 0.3 is 5.97 Å². The molecule has 2 atom stereocenters. The van der Waals surface area contributed by atoms with E-state index in [2.05, 4.69) is 31.3 Å². The summed E-state index contributed by atoms with van der Waals surface area (Å²) in [7, 11) is 0. The zero-order valence-electron chi connectivity index (χ0n) is 63.8. The van der Waals surface area contributed by atoms with Crippen molar-refractivity contribution >= 4 is 11.9 Å². The van der Waals surface area contributed by atoms with Crippen molar-refractivity contribution in [2.24, 2.45) is 0 Å². The summed E-state index contributed by atoms with van der Waals surface area (Å²) < 4.78 is 5.53. The number of ether oxygens (including phenoxy) is 1. The first-order chi connectivity index (χ1) is 46.0. The van der Waals surface area contributed by atoms with Crippen LogP contribution in [0.15, 0.2) is 12.2 Å². The van der Waals surface area contributed by atoms with Gasteiger partial charge in [0.2, 0.25) is 5.91 Å². The second kappa shape index (κ2) is 83.0. The van der Waals surface area contributed by atoms with E-state index in [-0.39, 0.29) is 18.5 Å². The van der Waals surface area contributed by atoms with Crippen molar-refractivity contribution in [2.45, 2.75) is 520 Å². The lowest BCUT2D eigenvalue weighted by Crippen LogP contribution is -2.45. The second-order valence-electron chi connectivity index (χ2n) is 30.2. The summed E-state index contributed by atoms with van der Waals surface area (Å²) in [6, 6.07) is -0.539. The number of hydrogen-bond donors (Lipinski definition) is 3. The monoisotopic (exact) mass is 1310 g/mol. The third-order valence-corrected chi connectivity index (χ3v) is 20.8. The molecule has 2 unspecified atom stereocenters. The van der Waals surface area contributed by atoms with Crippen LogP contribution in [0.3, 0.4) is 0 Å². The summed E-state index contributed by atoms with van der Waals surface area (Å²) in [6.07, 6.45) is 106. The highest BCUT2D eigenvalue weighted by Crippen LogP contribution is 2.21. The van der Waals surface area contributed by atoms with Crippen molar-refractivity contribution < 1.29 is 24.5 Å². The molecule has 0 aromatic rings. The Labute approximate surface area is 584 Å². The number of nitrogens with one attached hydrogen (secondary N) is 1. The van der Waals surface area contributed by atoms with Gasteiger partial charge in [0.1, 0.15) is 0 Å². The van der Waals surface area contributed by atoms with E-state index in [1.165, 1.54) is 437 Å². The molecule has 0 aliphatic rings. The SMILES string of the molecule is CCCCCCCCCCCCCCCCCCCCCCC(O)C(CO)NC(=O)CCCCCCCCCCCCCCCCCCC/C=C\CCCCCCCCCCCCCCCCCCOC(=O)CCCCCCCCCCCCCCCCCCCCC. The fourth-order valence-corrected chi connectivity index (χ4v) is 14.2. The number of aliphatic hydroxyl groups is 2. The Morgan fingerprint density at radius 2 is 0.505 bits per heavy atom. The number of allylic oxidation sites excluding steroid dienone is 2. The first-order valence-electron chi connectivity index (χ1n) is 43.4. The molecule has 0 aliphatic carbocycles. The Bertz CT molecular complexity index is 1420. The second-order valence-corrected chi connectivity index (χ2v) is 30.2. The average molecular weight is 1310 g/mol. The van der Waals surface area contributed by atoms with Crippen LogP contribution in [0.1, 0.15) is 508 Å². The number of rotatable bonds is 83. The van der Waals surface area contributed by atoms with Crippen LogP contribution in [0.4, 0.5) is 0 Å². The van der Waals surface area contributed by atoms with Crippen LogP contribution in [0.5, 0.6) is 0 Å². The Morgan fingerprint density at radius 3 is 0.763 bits per heavy atom. The van der Waals surface area contributed by atoms with E-state index in [0.29, 0.717) is 25.9 Å². The fourth-order valence-electron chi connectivity index (χ4n) is 14.2. The van der Waals surface area contributed by atoms with E-state index in [4.69, 9.17) is 4.74 Å². The van der Waals surface area contributed by atoms with E-state index in [1.54, 1.807) is 0 Å². The maximum absolute atomic E-state index is 12.6. The number of unbranched alkanes of at least 4 members (excludes halogenated alkanes) is 70. The molecule has 6 nitrogen and oxygen atoms in total. The lowest BCUT2D eigenvalue weighted by atomic mass is 10.0. The molecular weight excluding hydrogens is 1140 g/mol. The van der Waals surface area contributed by atoms with Gasteiger partial charge in [0.15, 0.2) is 0 Å². The van der Waals surface area contributed by atoms with Gasteiger partial charge in [-0.05, 0) is 51.4 Å². The van der Waals surface area contributed by atoms with E-state index >= 15 is 0 Å². The zero-order chi connectivity index (χ0) is 67.0. The molecule has 1 amide bonds. The molecule has 0 aromatic heterocycles. The van der Waals surface area contributed by atoms with Gasteiger partial charge in [-0.3, -0.25) is 9.59 Å². The van der Waals surface area contributed by atoms with Crippen LogP contribution in [0.25, 0.3) is 0 Å². The largest absolute Gasteiger partial charge is 0.466 e. The molecule has 0 spiro atoms. The molecule has 6 heteroatoms. The molecule has 0 saturated heterocycles. The van der Waals surface area contributed by atoms with E-state index in [0.717, 1.165) is 38.5 Å². The number of aliphatic hydroxyl groups excluding tert-OH is 2. The molecule has 554 valence electrons. The van der Waals surface area contributed by atoms with Crippen LogP contribution >= 0.6 is 0 Å². The van der Waals surface area contributed by atoms with Crippen molar-refractivity contribution in [3.05, 3.63) is 12.2 Å². The van der Waals surface area contributed by atoms with Crippen molar-refractivity contribution in [1.82, 2.24) is 5.32 Å². The molecule has 0 radical (unpaired) electrons. The lowest BCUT2D eigenvalue weighted by molar-refractivity contribution is -0.143. The molecule has 0 fully saturated rings. The minimum absolute atomic E-state index is 0.0251.